The number of halogens is 4. The van der Waals surface area contributed by atoms with Gasteiger partial charge < -0.3 is 5.11 Å². The van der Waals surface area contributed by atoms with Crippen molar-refractivity contribution in [2.45, 2.75) is 18.7 Å². The molecule has 5 aromatic rings. The highest BCUT2D eigenvalue weighted by atomic mass is 19.4. The number of hydrogen-bond donors (Lipinski definition) is 1. The predicted octanol–water partition coefficient (Wildman–Crippen LogP) is 5.82. The van der Waals surface area contributed by atoms with Crippen LogP contribution in [0.25, 0.3) is 27.5 Å². The van der Waals surface area contributed by atoms with Gasteiger partial charge in [-0.15, -0.1) is 0 Å². The summed E-state index contributed by atoms with van der Waals surface area (Å²) in [6.45, 7) is 1.59. The highest BCUT2D eigenvalue weighted by molar-refractivity contribution is 5.85. The van der Waals surface area contributed by atoms with E-state index in [0.29, 0.717) is 27.8 Å². The maximum Gasteiger partial charge on any atom is 0.425 e. The van der Waals surface area contributed by atoms with Crippen LogP contribution in [0.15, 0.2) is 79.0 Å². The molecule has 5 rings (SSSR count). The molecular formula is C25H17F4N3O. The summed E-state index contributed by atoms with van der Waals surface area (Å²) < 4.78 is 58.3. The Bertz CT molecular complexity index is 1490. The van der Waals surface area contributed by atoms with Crippen molar-refractivity contribution in [1.82, 2.24) is 14.8 Å². The Morgan fingerprint density at radius 1 is 0.909 bits per heavy atom. The molecule has 0 aliphatic heterocycles. The van der Waals surface area contributed by atoms with Crippen LogP contribution in [0.2, 0.25) is 0 Å². The minimum absolute atomic E-state index is 0.213. The molecule has 8 heteroatoms. The molecule has 0 saturated heterocycles. The molecular weight excluding hydrogens is 434 g/mol. The maximum absolute atomic E-state index is 14.5. The number of para-hydroxylation sites is 1. The van der Waals surface area contributed by atoms with Crippen molar-refractivity contribution in [1.29, 1.82) is 0 Å². The van der Waals surface area contributed by atoms with E-state index in [2.05, 4.69) is 10.1 Å². The van der Waals surface area contributed by atoms with Crippen LogP contribution in [0.3, 0.4) is 0 Å². The van der Waals surface area contributed by atoms with Crippen molar-refractivity contribution >= 4 is 21.8 Å². The fourth-order valence-corrected chi connectivity index (χ4v) is 4.13. The fraction of sp³-hybridized carbons (Fsp3) is 0.120. The second-order valence-electron chi connectivity index (χ2n) is 7.84. The van der Waals surface area contributed by atoms with Gasteiger partial charge in [-0.05, 0) is 61.0 Å². The van der Waals surface area contributed by atoms with E-state index in [1.165, 1.54) is 65.5 Å². The summed E-state index contributed by atoms with van der Waals surface area (Å²) in [5.41, 5.74) is -2.10. The number of nitrogens with zero attached hydrogens (tertiary/aromatic N) is 3. The highest BCUT2D eigenvalue weighted by Crippen LogP contribution is 2.47. The Morgan fingerprint density at radius 3 is 2.36 bits per heavy atom. The van der Waals surface area contributed by atoms with Gasteiger partial charge in [0.1, 0.15) is 5.82 Å². The van der Waals surface area contributed by atoms with Crippen molar-refractivity contribution in [3.05, 3.63) is 102 Å². The maximum atomic E-state index is 14.5. The van der Waals surface area contributed by atoms with E-state index >= 15 is 0 Å². The van der Waals surface area contributed by atoms with Crippen LogP contribution in [0.4, 0.5) is 17.6 Å². The first-order valence-electron chi connectivity index (χ1n) is 10.1. The first-order chi connectivity index (χ1) is 15.7. The lowest BCUT2D eigenvalue weighted by molar-refractivity contribution is -0.247. The SMILES string of the molecule is Cc1cc(C(O)(c2ccc3c(cnn3-c3ccc(F)cc3)c2)C(F)(F)F)c2ccccc2n1. The van der Waals surface area contributed by atoms with E-state index in [1.807, 2.05) is 0 Å². The minimum atomic E-state index is -5.01. The Labute approximate surface area is 185 Å². The van der Waals surface area contributed by atoms with E-state index in [4.69, 9.17) is 0 Å². The first kappa shape index (κ1) is 21.1. The molecule has 1 atom stereocenters. The number of aryl methyl sites for hydroxylation is 1. The van der Waals surface area contributed by atoms with Crippen molar-refractivity contribution in [2.24, 2.45) is 0 Å². The second-order valence-corrected chi connectivity index (χ2v) is 7.84. The zero-order valence-electron chi connectivity index (χ0n) is 17.3. The van der Waals surface area contributed by atoms with Gasteiger partial charge in [-0.3, -0.25) is 4.98 Å². The van der Waals surface area contributed by atoms with Crippen molar-refractivity contribution in [3.8, 4) is 5.69 Å². The molecule has 0 amide bonds. The molecule has 0 saturated carbocycles. The van der Waals surface area contributed by atoms with Crippen LogP contribution in [-0.2, 0) is 5.60 Å². The third kappa shape index (κ3) is 3.34. The predicted molar refractivity (Wildman–Crippen MR) is 117 cm³/mol. The lowest BCUT2D eigenvalue weighted by Crippen LogP contribution is -2.43. The summed E-state index contributed by atoms with van der Waals surface area (Å²) in [5.74, 6) is -0.410. The van der Waals surface area contributed by atoms with Crippen molar-refractivity contribution in [2.75, 3.05) is 0 Å². The van der Waals surface area contributed by atoms with Gasteiger partial charge in [0.2, 0.25) is 5.60 Å². The number of alkyl halides is 3. The van der Waals surface area contributed by atoms with E-state index < -0.39 is 17.6 Å². The van der Waals surface area contributed by atoms with Crippen LogP contribution in [0.5, 0.6) is 0 Å². The molecule has 3 aromatic carbocycles. The molecule has 4 nitrogen and oxygen atoms in total. The second kappa shape index (κ2) is 7.38. The number of pyridine rings is 1. The van der Waals surface area contributed by atoms with Gasteiger partial charge in [-0.2, -0.15) is 18.3 Å². The molecule has 1 N–H and O–H groups in total. The molecule has 2 heterocycles. The third-order valence-electron chi connectivity index (χ3n) is 5.70. The van der Waals surface area contributed by atoms with E-state index in [0.717, 1.165) is 0 Å². The smallest absolute Gasteiger partial charge is 0.372 e. The quantitative estimate of drug-likeness (QED) is 0.352. The number of rotatable bonds is 3. The van der Waals surface area contributed by atoms with Crippen LogP contribution in [-0.4, -0.2) is 26.0 Å². The standard InChI is InChI=1S/C25H17F4N3O/c1-15-12-21(20-4-2-3-5-22(20)31-15)24(33,25(27,28)29)17-6-11-23-16(13-17)14-30-32(23)19-9-7-18(26)8-10-19/h2-14,33H,1H3. The largest absolute Gasteiger partial charge is 0.425 e. The normalized spacial score (nSPS) is 14.0. The minimum Gasteiger partial charge on any atom is -0.372 e. The third-order valence-corrected chi connectivity index (χ3v) is 5.70. The number of aromatic nitrogens is 3. The summed E-state index contributed by atoms with van der Waals surface area (Å²) in [4.78, 5) is 4.30. The summed E-state index contributed by atoms with van der Waals surface area (Å²) in [6, 6.07) is 17.3. The number of benzene rings is 3. The summed E-state index contributed by atoms with van der Waals surface area (Å²) in [7, 11) is 0. The highest BCUT2D eigenvalue weighted by Gasteiger charge is 2.57. The van der Waals surface area contributed by atoms with Crippen LogP contribution < -0.4 is 0 Å². The van der Waals surface area contributed by atoms with E-state index in [-0.39, 0.29) is 16.5 Å². The molecule has 1 unspecified atom stereocenters. The lowest BCUT2D eigenvalue weighted by atomic mass is 9.83. The summed E-state index contributed by atoms with van der Waals surface area (Å²) >= 11 is 0. The zero-order chi connectivity index (χ0) is 23.4. The topological polar surface area (TPSA) is 50.9 Å². The first-order valence-corrected chi connectivity index (χ1v) is 10.1. The van der Waals surface area contributed by atoms with Crippen LogP contribution >= 0.6 is 0 Å². The van der Waals surface area contributed by atoms with Crippen LogP contribution in [0.1, 0.15) is 16.8 Å². The van der Waals surface area contributed by atoms with Gasteiger partial charge in [0, 0.05) is 22.0 Å². The van der Waals surface area contributed by atoms with Crippen LogP contribution in [0, 0.1) is 12.7 Å². The van der Waals surface area contributed by atoms with Gasteiger partial charge in [0.15, 0.2) is 0 Å². The number of aliphatic hydroxyl groups is 1. The molecule has 0 spiro atoms. The number of fused-ring (bicyclic) bond motifs is 2. The Morgan fingerprint density at radius 2 is 1.64 bits per heavy atom. The molecule has 0 radical (unpaired) electrons. The molecule has 2 aromatic heterocycles. The molecule has 0 aliphatic carbocycles. The molecule has 33 heavy (non-hydrogen) atoms. The van der Waals surface area contributed by atoms with E-state index in [1.54, 1.807) is 25.1 Å². The Kier molecular flexibility index (Phi) is 4.72. The van der Waals surface area contributed by atoms with Gasteiger partial charge in [-0.1, -0.05) is 24.3 Å². The molecule has 0 fully saturated rings. The zero-order valence-corrected chi connectivity index (χ0v) is 17.3. The van der Waals surface area contributed by atoms with E-state index in [9.17, 15) is 22.7 Å². The average molecular weight is 451 g/mol. The summed E-state index contributed by atoms with van der Waals surface area (Å²) in [5, 5.41) is 16.2. The Balaban J connectivity index is 1.73. The van der Waals surface area contributed by atoms with Gasteiger partial charge in [-0.25, -0.2) is 9.07 Å². The van der Waals surface area contributed by atoms with Gasteiger partial charge in [0.05, 0.1) is 22.9 Å². The Hall–Kier alpha value is -3.78. The molecule has 0 aliphatic rings. The fourth-order valence-electron chi connectivity index (χ4n) is 4.13. The van der Waals surface area contributed by atoms with Gasteiger partial charge >= 0.3 is 6.18 Å². The lowest BCUT2D eigenvalue weighted by Gasteiger charge is -2.32. The summed E-state index contributed by atoms with van der Waals surface area (Å²) in [6.07, 6.45) is -3.60. The number of hydrogen-bond acceptors (Lipinski definition) is 3. The van der Waals surface area contributed by atoms with Crippen molar-refractivity contribution < 1.29 is 22.7 Å². The average Bonchev–Trinajstić information content (AvgIpc) is 3.21. The molecule has 0 bridgehead atoms. The molecule has 166 valence electrons. The van der Waals surface area contributed by atoms with Gasteiger partial charge in [0.25, 0.3) is 0 Å². The van der Waals surface area contributed by atoms with Crippen molar-refractivity contribution in [3.63, 3.8) is 0 Å². The monoisotopic (exact) mass is 451 g/mol.